The summed E-state index contributed by atoms with van der Waals surface area (Å²) in [7, 11) is 0. The Hall–Kier alpha value is -1.80. The Balaban J connectivity index is 1.72. The van der Waals surface area contributed by atoms with Gasteiger partial charge in [0.2, 0.25) is 0 Å². The predicted octanol–water partition coefficient (Wildman–Crippen LogP) is 6.49. The number of unbranched alkanes of at least 4 members (excludes halogenated alkanes) is 2. The highest BCUT2D eigenvalue weighted by Gasteiger charge is 2.33. The average Bonchev–Trinajstić information content (AvgIpc) is 3.27. The van der Waals surface area contributed by atoms with E-state index in [0.29, 0.717) is 61.3 Å². The van der Waals surface area contributed by atoms with E-state index in [-0.39, 0.29) is 12.3 Å². The number of nitrogens with zero attached hydrogens (tertiary/aromatic N) is 1. The third-order valence-corrected chi connectivity index (χ3v) is 6.73. The first-order chi connectivity index (χ1) is 14.3. The molecule has 1 fully saturated rings. The third-order valence-electron chi connectivity index (χ3n) is 4.63. The Kier molecular flexibility index (Phi) is 7.63. The fraction of sp³-hybridized carbons (Fsp3) is 0.286. The number of benzene rings is 1. The van der Waals surface area contributed by atoms with Crippen LogP contribution >= 0.6 is 47.2 Å². The van der Waals surface area contributed by atoms with Gasteiger partial charge >= 0.3 is 5.97 Å². The molecular formula is C21H19Cl2NO4S2. The molecule has 5 nitrogen and oxygen atoms in total. The number of thiocarbonyl (C=S) groups is 1. The Morgan fingerprint density at radius 3 is 2.67 bits per heavy atom. The van der Waals surface area contributed by atoms with Crippen LogP contribution in [0.1, 0.15) is 38.4 Å². The summed E-state index contributed by atoms with van der Waals surface area (Å²) in [5.74, 6) is 0.193. The van der Waals surface area contributed by atoms with E-state index in [1.54, 1.807) is 35.2 Å². The van der Waals surface area contributed by atoms with E-state index in [2.05, 4.69) is 0 Å². The molecule has 0 unspecified atom stereocenters. The van der Waals surface area contributed by atoms with E-state index >= 15 is 0 Å². The van der Waals surface area contributed by atoms with E-state index in [0.717, 1.165) is 6.42 Å². The van der Waals surface area contributed by atoms with Crippen molar-refractivity contribution in [2.75, 3.05) is 6.54 Å². The number of aliphatic carboxylic acids is 1. The number of hydrogen-bond acceptors (Lipinski definition) is 5. The molecule has 0 aliphatic carbocycles. The molecule has 1 amide bonds. The Morgan fingerprint density at radius 2 is 1.97 bits per heavy atom. The van der Waals surface area contributed by atoms with E-state index in [1.165, 1.54) is 11.8 Å². The summed E-state index contributed by atoms with van der Waals surface area (Å²) in [4.78, 5) is 25.5. The predicted molar refractivity (Wildman–Crippen MR) is 125 cm³/mol. The number of hydrogen-bond donors (Lipinski definition) is 1. The fourth-order valence-electron chi connectivity index (χ4n) is 3.03. The lowest BCUT2D eigenvalue weighted by Gasteiger charge is -2.14. The van der Waals surface area contributed by atoms with Crippen LogP contribution in [0.3, 0.4) is 0 Å². The maximum atomic E-state index is 12.9. The molecule has 1 N–H and O–H groups in total. The summed E-state index contributed by atoms with van der Waals surface area (Å²) in [6.07, 6.45) is 2.15. The quantitative estimate of drug-likeness (QED) is 0.262. The smallest absolute Gasteiger partial charge is 0.303 e. The van der Waals surface area contributed by atoms with Gasteiger partial charge in [-0.3, -0.25) is 14.5 Å². The first-order valence-electron chi connectivity index (χ1n) is 9.30. The topological polar surface area (TPSA) is 70.8 Å². The summed E-state index contributed by atoms with van der Waals surface area (Å²) in [5.41, 5.74) is 1.42. The normalized spacial score (nSPS) is 15.8. The first kappa shape index (κ1) is 22.9. The van der Waals surface area contributed by atoms with Crippen LogP contribution in [-0.4, -0.2) is 32.7 Å². The van der Waals surface area contributed by atoms with E-state index in [1.807, 2.05) is 6.92 Å². The van der Waals surface area contributed by atoms with Crippen molar-refractivity contribution in [1.29, 1.82) is 0 Å². The van der Waals surface area contributed by atoms with Crippen molar-refractivity contribution in [1.82, 2.24) is 4.90 Å². The summed E-state index contributed by atoms with van der Waals surface area (Å²) >= 11 is 18.8. The van der Waals surface area contributed by atoms with Crippen LogP contribution in [0.5, 0.6) is 0 Å². The largest absolute Gasteiger partial charge is 0.481 e. The number of carbonyl (C=O) groups is 2. The molecule has 158 valence electrons. The van der Waals surface area contributed by atoms with Gasteiger partial charge in [-0.25, -0.2) is 0 Å². The fourth-order valence-corrected chi connectivity index (χ4v) is 4.87. The second kappa shape index (κ2) is 10.0. The van der Waals surface area contributed by atoms with Gasteiger partial charge in [0.1, 0.15) is 15.8 Å². The van der Waals surface area contributed by atoms with Crippen LogP contribution in [0.15, 0.2) is 39.7 Å². The van der Waals surface area contributed by atoms with Crippen molar-refractivity contribution in [3.63, 3.8) is 0 Å². The van der Waals surface area contributed by atoms with Gasteiger partial charge in [-0.15, -0.1) is 0 Å². The minimum absolute atomic E-state index is 0.135. The van der Waals surface area contributed by atoms with Crippen molar-refractivity contribution in [2.24, 2.45) is 0 Å². The Labute approximate surface area is 194 Å². The number of carboxylic acid groups (broad SMARTS) is 1. The van der Waals surface area contributed by atoms with Crippen LogP contribution in [0.2, 0.25) is 10.0 Å². The third kappa shape index (κ3) is 5.27. The molecule has 0 spiro atoms. The van der Waals surface area contributed by atoms with Crippen molar-refractivity contribution in [2.45, 2.75) is 32.6 Å². The van der Waals surface area contributed by atoms with Gasteiger partial charge in [-0.1, -0.05) is 53.6 Å². The summed E-state index contributed by atoms with van der Waals surface area (Å²) in [6, 6.07) is 8.77. The maximum absolute atomic E-state index is 12.9. The molecule has 1 aliphatic heterocycles. The van der Waals surface area contributed by atoms with Crippen LogP contribution in [0, 0.1) is 0 Å². The lowest BCUT2D eigenvalue weighted by atomic mass is 10.1. The van der Waals surface area contributed by atoms with Gasteiger partial charge < -0.3 is 9.52 Å². The van der Waals surface area contributed by atoms with Gasteiger partial charge in [-0.2, -0.15) is 0 Å². The molecular weight excluding hydrogens is 465 g/mol. The summed E-state index contributed by atoms with van der Waals surface area (Å²) < 4.78 is 6.45. The lowest BCUT2D eigenvalue weighted by Crippen LogP contribution is -2.29. The zero-order valence-corrected chi connectivity index (χ0v) is 19.3. The number of allylic oxidation sites excluding steroid dienone is 1. The number of furan rings is 1. The summed E-state index contributed by atoms with van der Waals surface area (Å²) in [5, 5.41) is 9.72. The van der Waals surface area contributed by atoms with Crippen molar-refractivity contribution in [3.05, 3.63) is 51.0 Å². The number of rotatable bonds is 8. The second-order valence-electron chi connectivity index (χ2n) is 6.77. The second-order valence-corrected chi connectivity index (χ2v) is 9.26. The average molecular weight is 484 g/mol. The van der Waals surface area contributed by atoms with E-state index in [4.69, 9.17) is 44.9 Å². The molecule has 0 atom stereocenters. The van der Waals surface area contributed by atoms with Crippen LogP contribution < -0.4 is 0 Å². The van der Waals surface area contributed by atoms with Crippen LogP contribution in [-0.2, 0) is 9.59 Å². The molecule has 1 saturated heterocycles. The zero-order chi connectivity index (χ0) is 21.8. The standard InChI is InChI=1S/C21H19Cl2NO4S2/c1-12(16-8-9-17(28-16)14-7-6-13(22)11-15(14)23)19-20(27)24(21(29)30-19)10-4-2-3-5-18(25)26/h6-9,11H,2-5,10H2,1H3,(H,25,26)/b19-12-. The molecule has 1 aromatic carbocycles. The zero-order valence-electron chi connectivity index (χ0n) is 16.1. The molecule has 2 heterocycles. The number of carboxylic acids is 1. The minimum Gasteiger partial charge on any atom is -0.481 e. The monoisotopic (exact) mass is 483 g/mol. The number of carbonyl (C=O) groups excluding carboxylic acids is 1. The van der Waals surface area contributed by atoms with Crippen molar-refractivity contribution < 1.29 is 19.1 Å². The highest BCUT2D eigenvalue weighted by atomic mass is 35.5. The molecule has 30 heavy (non-hydrogen) atoms. The van der Waals surface area contributed by atoms with Crippen molar-refractivity contribution >= 4 is 69.0 Å². The lowest BCUT2D eigenvalue weighted by molar-refractivity contribution is -0.137. The van der Waals surface area contributed by atoms with Crippen molar-refractivity contribution in [3.8, 4) is 11.3 Å². The number of thioether (sulfide) groups is 1. The number of amides is 1. The molecule has 9 heteroatoms. The van der Waals surface area contributed by atoms with Gasteiger partial charge in [0.25, 0.3) is 5.91 Å². The molecule has 0 bridgehead atoms. The highest BCUT2D eigenvalue weighted by molar-refractivity contribution is 8.26. The molecule has 1 aromatic heterocycles. The maximum Gasteiger partial charge on any atom is 0.303 e. The van der Waals surface area contributed by atoms with Gasteiger partial charge in [0.05, 0.1) is 9.93 Å². The summed E-state index contributed by atoms with van der Waals surface area (Å²) in [6.45, 7) is 2.30. The van der Waals surface area contributed by atoms with Gasteiger partial charge in [0, 0.05) is 29.1 Å². The highest BCUT2D eigenvalue weighted by Crippen LogP contribution is 2.39. The van der Waals surface area contributed by atoms with Crippen LogP contribution in [0.25, 0.3) is 16.9 Å². The van der Waals surface area contributed by atoms with Crippen LogP contribution in [0.4, 0.5) is 0 Å². The molecule has 0 saturated carbocycles. The Morgan fingerprint density at radius 1 is 1.20 bits per heavy atom. The van der Waals surface area contributed by atoms with Gasteiger partial charge in [0.15, 0.2) is 0 Å². The van der Waals surface area contributed by atoms with E-state index in [9.17, 15) is 9.59 Å². The molecule has 0 radical (unpaired) electrons. The minimum atomic E-state index is -0.808. The molecule has 2 aromatic rings. The molecule has 3 rings (SSSR count). The van der Waals surface area contributed by atoms with Gasteiger partial charge in [-0.05, 0) is 50.1 Å². The molecule has 1 aliphatic rings. The number of halogens is 2. The first-order valence-corrected chi connectivity index (χ1v) is 11.3. The van der Waals surface area contributed by atoms with E-state index < -0.39 is 5.97 Å². The SMILES string of the molecule is C/C(=C1/SC(=S)N(CCCCCC(=O)O)C1=O)c1ccc(-c2ccc(Cl)cc2Cl)o1. The Bertz CT molecular complexity index is 1030.